The summed E-state index contributed by atoms with van der Waals surface area (Å²) in [6, 6.07) is 10.5. The fourth-order valence-electron chi connectivity index (χ4n) is 3.33. The lowest BCUT2D eigenvalue weighted by Gasteiger charge is -2.13. The van der Waals surface area contributed by atoms with Gasteiger partial charge in [-0.1, -0.05) is 12.1 Å². The molecule has 6 nitrogen and oxygen atoms in total. The van der Waals surface area contributed by atoms with E-state index in [2.05, 4.69) is 53.6 Å². The third kappa shape index (κ3) is 4.03. The Morgan fingerprint density at radius 1 is 1.26 bits per heavy atom. The van der Waals surface area contributed by atoms with Crippen LogP contribution in [0.5, 0.6) is 5.75 Å². The average molecular weight is 384 g/mol. The van der Waals surface area contributed by atoms with Crippen LogP contribution in [-0.2, 0) is 6.42 Å². The zero-order chi connectivity index (χ0) is 19.6. The molecule has 2 aromatic heterocycles. The lowest BCUT2D eigenvalue weighted by atomic mass is 10.1. The van der Waals surface area contributed by atoms with Crippen LogP contribution in [0.4, 0.5) is 0 Å². The summed E-state index contributed by atoms with van der Waals surface area (Å²) in [7, 11) is 1.66. The second kappa shape index (κ2) is 7.92. The summed E-state index contributed by atoms with van der Waals surface area (Å²) in [5, 5.41) is 11.8. The highest BCUT2D eigenvalue weighted by atomic mass is 32.1. The van der Waals surface area contributed by atoms with Gasteiger partial charge in [-0.15, -0.1) is 0 Å². The van der Waals surface area contributed by atoms with E-state index in [1.807, 2.05) is 30.5 Å². The maximum absolute atomic E-state index is 5.36. The molecule has 0 aliphatic heterocycles. The molecule has 0 amide bonds. The molecule has 27 heavy (non-hydrogen) atoms. The highest BCUT2D eigenvalue weighted by Crippen LogP contribution is 2.19. The number of benzene rings is 1. The van der Waals surface area contributed by atoms with Crippen LogP contribution in [0.15, 0.2) is 35.4 Å². The number of hydrogen-bond acceptors (Lipinski definition) is 4. The largest absolute Gasteiger partial charge is 0.497 e. The lowest BCUT2D eigenvalue weighted by molar-refractivity contribution is 0.414. The van der Waals surface area contributed by atoms with Gasteiger partial charge in [0.1, 0.15) is 5.75 Å². The van der Waals surface area contributed by atoms with Crippen LogP contribution in [0.3, 0.4) is 0 Å². The first-order valence-electron chi connectivity index (χ1n) is 8.92. The third-order valence-electron chi connectivity index (χ3n) is 4.59. The van der Waals surface area contributed by atoms with Crippen LogP contribution in [0.2, 0.25) is 0 Å². The SMILES string of the molecule is COc1ccc(Cc2n[nH]c(=S)n2/N=C\c2cc(C)n(C(C)C)c2C)cc1. The molecule has 0 radical (unpaired) electrons. The number of nitrogens with one attached hydrogen (secondary N) is 1. The molecule has 0 spiro atoms. The van der Waals surface area contributed by atoms with Gasteiger partial charge in [0, 0.05) is 29.4 Å². The van der Waals surface area contributed by atoms with Crippen molar-refractivity contribution in [3.05, 3.63) is 63.4 Å². The van der Waals surface area contributed by atoms with Gasteiger partial charge in [0.25, 0.3) is 0 Å². The molecule has 0 bridgehead atoms. The number of methoxy groups -OCH3 is 1. The minimum Gasteiger partial charge on any atom is -0.497 e. The number of rotatable bonds is 6. The molecule has 3 rings (SSSR count). The Morgan fingerprint density at radius 3 is 2.56 bits per heavy atom. The first-order chi connectivity index (χ1) is 12.9. The predicted molar refractivity (Wildman–Crippen MR) is 110 cm³/mol. The Balaban J connectivity index is 1.88. The average Bonchev–Trinajstić information content (AvgIpc) is 3.12. The molecule has 0 saturated heterocycles. The molecule has 0 fully saturated rings. The number of nitrogens with zero attached hydrogens (tertiary/aromatic N) is 4. The Morgan fingerprint density at radius 2 is 1.96 bits per heavy atom. The summed E-state index contributed by atoms with van der Waals surface area (Å²) in [6.45, 7) is 8.59. The zero-order valence-electron chi connectivity index (χ0n) is 16.4. The Bertz CT molecular complexity index is 1010. The maximum atomic E-state index is 5.36. The molecular weight excluding hydrogens is 358 g/mol. The van der Waals surface area contributed by atoms with Crippen molar-refractivity contribution in [1.29, 1.82) is 0 Å². The van der Waals surface area contributed by atoms with Crippen molar-refractivity contribution in [2.75, 3.05) is 7.11 Å². The van der Waals surface area contributed by atoms with Crippen LogP contribution >= 0.6 is 12.2 Å². The van der Waals surface area contributed by atoms with Gasteiger partial charge < -0.3 is 9.30 Å². The van der Waals surface area contributed by atoms with Crippen LogP contribution in [-0.4, -0.2) is 32.8 Å². The second-order valence-corrected chi connectivity index (χ2v) is 7.20. The van der Waals surface area contributed by atoms with Crippen molar-refractivity contribution in [1.82, 2.24) is 19.4 Å². The topological polar surface area (TPSA) is 60.1 Å². The molecule has 0 unspecified atom stereocenters. The van der Waals surface area contributed by atoms with E-state index >= 15 is 0 Å². The number of aromatic amines is 1. The van der Waals surface area contributed by atoms with Gasteiger partial charge in [0.2, 0.25) is 4.77 Å². The van der Waals surface area contributed by atoms with Gasteiger partial charge in [-0.2, -0.15) is 14.9 Å². The summed E-state index contributed by atoms with van der Waals surface area (Å²) >= 11 is 5.36. The summed E-state index contributed by atoms with van der Waals surface area (Å²) in [4.78, 5) is 0. The van der Waals surface area contributed by atoms with Gasteiger partial charge in [-0.3, -0.25) is 5.10 Å². The monoisotopic (exact) mass is 383 g/mol. The Labute approximate surface area is 164 Å². The van der Waals surface area contributed by atoms with Crippen molar-refractivity contribution in [3.8, 4) is 5.75 Å². The van der Waals surface area contributed by atoms with Crippen molar-refractivity contribution >= 4 is 18.4 Å². The van der Waals surface area contributed by atoms with Crippen LogP contribution in [0, 0.1) is 18.6 Å². The van der Waals surface area contributed by atoms with E-state index in [9.17, 15) is 0 Å². The summed E-state index contributed by atoms with van der Waals surface area (Å²) in [6.07, 6.45) is 2.48. The molecule has 0 aliphatic carbocycles. The first kappa shape index (κ1) is 19.1. The van der Waals surface area contributed by atoms with Gasteiger partial charge in [0.05, 0.1) is 13.3 Å². The first-order valence-corrected chi connectivity index (χ1v) is 9.33. The molecule has 1 N–H and O–H groups in total. The quantitative estimate of drug-likeness (QED) is 0.506. The van der Waals surface area contributed by atoms with Crippen LogP contribution in [0.25, 0.3) is 0 Å². The van der Waals surface area contributed by atoms with Crippen molar-refractivity contribution in [3.63, 3.8) is 0 Å². The van der Waals surface area contributed by atoms with E-state index in [4.69, 9.17) is 17.0 Å². The fourth-order valence-corrected chi connectivity index (χ4v) is 3.53. The van der Waals surface area contributed by atoms with E-state index in [0.717, 1.165) is 22.7 Å². The standard InChI is InChI=1S/C20H25N5OS/c1-13(2)24-14(3)10-17(15(24)4)12-21-25-19(22-23-20(25)27)11-16-6-8-18(26-5)9-7-16/h6-10,12-13H,11H2,1-5H3,(H,23,27)/b21-12-. The van der Waals surface area contributed by atoms with E-state index in [1.165, 1.54) is 11.4 Å². The van der Waals surface area contributed by atoms with Crippen molar-refractivity contribution in [2.45, 2.75) is 40.2 Å². The van der Waals surface area contributed by atoms with Crippen LogP contribution in [0.1, 0.15) is 48.2 Å². The summed E-state index contributed by atoms with van der Waals surface area (Å²) in [5.74, 6) is 1.59. The highest BCUT2D eigenvalue weighted by molar-refractivity contribution is 7.71. The normalized spacial score (nSPS) is 11.6. The van der Waals surface area contributed by atoms with E-state index in [1.54, 1.807) is 11.8 Å². The smallest absolute Gasteiger partial charge is 0.216 e. The summed E-state index contributed by atoms with van der Waals surface area (Å²) < 4.78 is 9.67. The molecule has 3 aromatic rings. The minimum atomic E-state index is 0.411. The third-order valence-corrected chi connectivity index (χ3v) is 4.86. The van der Waals surface area contributed by atoms with E-state index in [-0.39, 0.29) is 0 Å². The molecule has 2 heterocycles. The van der Waals surface area contributed by atoms with Gasteiger partial charge in [0.15, 0.2) is 5.82 Å². The zero-order valence-corrected chi connectivity index (χ0v) is 17.2. The van der Waals surface area contributed by atoms with Gasteiger partial charge >= 0.3 is 0 Å². The minimum absolute atomic E-state index is 0.411. The summed E-state index contributed by atoms with van der Waals surface area (Å²) in [5.41, 5.74) is 4.61. The molecule has 0 saturated carbocycles. The van der Waals surface area contributed by atoms with Crippen LogP contribution < -0.4 is 4.74 Å². The second-order valence-electron chi connectivity index (χ2n) is 6.82. The Hall–Kier alpha value is -2.67. The molecule has 1 aromatic carbocycles. The number of H-pyrrole nitrogens is 1. The van der Waals surface area contributed by atoms with Gasteiger partial charge in [-0.25, -0.2) is 0 Å². The molecule has 142 valence electrons. The fraction of sp³-hybridized carbons (Fsp3) is 0.350. The highest BCUT2D eigenvalue weighted by Gasteiger charge is 2.11. The number of ether oxygens (including phenoxy) is 1. The Kier molecular flexibility index (Phi) is 5.60. The molecule has 0 atom stereocenters. The lowest BCUT2D eigenvalue weighted by Crippen LogP contribution is -2.05. The number of hydrogen-bond donors (Lipinski definition) is 1. The predicted octanol–water partition coefficient (Wildman–Crippen LogP) is 4.42. The van der Waals surface area contributed by atoms with E-state index in [0.29, 0.717) is 17.2 Å². The van der Waals surface area contributed by atoms with Crippen molar-refractivity contribution in [2.24, 2.45) is 5.10 Å². The number of aryl methyl sites for hydroxylation is 1. The van der Waals surface area contributed by atoms with Gasteiger partial charge in [-0.05, 0) is 63.7 Å². The number of aromatic nitrogens is 4. The molecule has 0 aliphatic rings. The molecule has 7 heteroatoms. The molecular formula is C20H25N5OS. The maximum Gasteiger partial charge on any atom is 0.216 e. The van der Waals surface area contributed by atoms with E-state index < -0.39 is 0 Å². The van der Waals surface area contributed by atoms with Crippen molar-refractivity contribution < 1.29 is 4.74 Å².